The van der Waals surface area contributed by atoms with Gasteiger partial charge in [0.15, 0.2) is 0 Å². The quantitative estimate of drug-likeness (QED) is 0.210. The molecule has 0 fully saturated rings. The summed E-state index contributed by atoms with van der Waals surface area (Å²) in [6, 6.07) is 26.6. The number of thiophene rings is 1. The number of aryl methyl sites for hydroxylation is 1. The Kier molecular flexibility index (Phi) is 7.60. The van der Waals surface area contributed by atoms with Crippen LogP contribution < -0.4 is 4.31 Å². The van der Waals surface area contributed by atoms with Crippen LogP contribution in [-0.4, -0.2) is 24.2 Å². The van der Waals surface area contributed by atoms with Gasteiger partial charge in [-0.05, 0) is 53.3 Å². The summed E-state index contributed by atoms with van der Waals surface area (Å²) in [6.07, 6.45) is 3.14. The molecule has 0 bridgehead atoms. The first-order valence-electron chi connectivity index (χ1n) is 12.2. The predicted octanol–water partition coefficient (Wildman–Crippen LogP) is 6.94. The number of anilines is 1. The molecule has 0 saturated heterocycles. The van der Waals surface area contributed by atoms with Crippen LogP contribution in [0, 0.1) is 0 Å². The van der Waals surface area contributed by atoms with Gasteiger partial charge in [0.2, 0.25) is 0 Å². The summed E-state index contributed by atoms with van der Waals surface area (Å²) in [4.78, 5) is 18.7. The van der Waals surface area contributed by atoms with Crippen molar-refractivity contribution in [2.24, 2.45) is 0 Å². The molecule has 0 radical (unpaired) electrons. The van der Waals surface area contributed by atoms with Gasteiger partial charge >= 0.3 is 0 Å². The fourth-order valence-corrected chi connectivity index (χ4v) is 5.92. The Labute approximate surface area is 222 Å². The summed E-state index contributed by atoms with van der Waals surface area (Å²) in [6.45, 7) is 2.89. The van der Waals surface area contributed by atoms with E-state index in [4.69, 9.17) is 4.98 Å². The van der Waals surface area contributed by atoms with Gasteiger partial charge in [-0.2, -0.15) is 0 Å². The van der Waals surface area contributed by atoms with Crippen molar-refractivity contribution in [3.63, 3.8) is 0 Å². The van der Waals surface area contributed by atoms with Crippen molar-refractivity contribution < 1.29 is 13.6 Å². The summed E-state index contributed by atoms with van der Waals surface area (Å²) >= 11 is -1.08. The molecular weight excluding hydrogens is 502 g/mol. The molecule has 5 rings (SSSR count). The first-order chi connectivity index (χ1) is 18.1. The standard InChI is InChI=1S/C29H27N3O3S2/c1-2-3-13-27-30-24-11-7-8-12-25(24)31(27)20-21-14-16-22(17-15-21)28-26(18-19-36-28)32(37(34)35)29(33)23-9-5-4-6-10-23/h4-12,14-19H,2-3,13,20H2,1H3,(H,34,35). The van der Waals surface area contributed by atoms with Crippen molar-refractivity contribution in [2.45, 2.75) is 32.7 Å². The highest BCUT2D eigenvalue weighted by atomic mass is 32.2. The third-order valence-corrected chi connectivity index (χ3v) is 7.90. The van der Waals surface area contributed by atoms with E-state index >= 15 is 0 Å². The van der Waals surface area contributed by atoms with Gasteiger partial charge in [-0.3, -0.25) is 9.35 Å². The largest absolute Gasteiger partial charge is 0.323 e. The molecule has 5 aromatic rings. The Morgan fingerprint density at radius 2 is 1.73 bits per heavy atom. The van der Waals surface area contributed by atoms with Crippen molar-refractivity contribution in [3.05, 3.63) is 107 Å². The number of carbonyl (C=O) groups is 1. The Morgan fingerprint density at radius 1 is 1.00 bits per heavy atom. The SMILES string of the molecule is CCCCc1nc2ccccc2n1Cc1ccc(-c2sccc2N(C(=O)c2ccccc2)S(=O)O)cc1. The first kappa shape index (κ1) is 25.1. The molecule has 0 aliphatic rings. The second kappa shape index (κ2) is 11.2. The Morgan fingerprint density at radius 3 is 2.46 bits per heavy atom. The number of imidazole rings is 1. The van der Waals surface area contributed by atoms with E-state index in [1.807, 2.05) is 29.6 Å². The Hall–Kier alpha value is -3.59. The minimum atomic E-state index is -2.51. The van der Waals surface area contributed by atoms with Crippen molar-refractivity contribution >= 4 is 45.2 Å². The van der Waals surface area contributed by atoms with Gasteiger partial charge in [0, 0.05) is 18.5 Å². The molecule has 0 aliphatic heterocycles. The molecule has 188 valence electrons. The maximum Gasteiger partial charge on any atom is 0.272 e. The third kappa shape index (κ3) is 5.27. The number of hydrogen-bond acceptors (Lipinski definition) is 4. The number of fused-ring (bicyclic) bond motifs is 1. The number of benzene rings is 3. The van der Waals surface area contributed by atoms with Crippen molar-refractivity contribution in [2.75, 3.05) is 4.31 Å². The minimum Gasteiger partial charge on any atom is -0.323 e. The maximum absolute atomic E-state index is 13.1. The van der Waals surface area contributed by atoms with E-state index < -0.39 is 17.2 Å². The molecule has 1 unspecified atom stereocenters. The predicted molar refractivity (Wildman–Crippen MR) is 151 cm³/mol. The lowest BCUT2D eigenvalue weighted by Crippen LogP contribution is -2.32. The molecule has 1 atom stereocenters. The van der Waals surface area contributed by atoms with Crippen LogP contribution in [0.1, 0.15) is 41.5 Å². The molecule has 1 amide bonds. The van der Waals surface area contributed by atoms with Crippen LogP contribution in [0.15, 0.2) is 90.3 Å². The number of nitrogens with zero attached hydrogens (tertiary/aromatic N) is 3. The smallest absolute Gasteiger partial charge is 0.272 e. The van der Waals surface area contributed by atoms with Gasteiger partial charge in [-0.1, -0.05) is 67.9 Å². The summed E-state index contributed by atoms with van der Waals surface area (Å²) in [5, 5.41) is 1.83. The van der Waals surface area contributed by atoms with Crippen LogP contribution in [0.3, 0.4) is 0 Å². The topological polar surface area (TPSA) is 75.4 Å². The molecule has 0 spiro atoms. The fraction of sp³-hybridized carbons (Fsp3) is 0.172. The lowest BCUT2D eigenvalue weighted by Gasteiger charge is -2.19. The van der Waals surface area contributed by atoms with E-state index in [1.165, 1.54) is 11.3 Å². The molecule has 0 aliphatic carbocycles. The van der Waals surface area contributed by atoms with E-state index in [2.05, 4.69) is 35.8 Å². The minimum absolute atomic E-state index is 0.351. The lowest BCUT2D eigenvalue weighted by atomic mass is 10.1. The summed E-state index contributed by atoms with van der Waals surface area (Å²) in [7, 11) is 0. The normalized spacial score (nSPS) is 12.1. The molecule has 8 heteroatoms. The van der Waals surface area contributed by atoms with Crippen LogP contribution in [0.5, 0.6) is 0 Å². The van der Waals surface area contributed by atoms with E-state index in [0.29, 0.717) is 17.8 Å². The van der Waals surface area contributed by atoms with Gasteiger partial charge in [-0.25, -0.2) is 13.5 Å². The summed E-state index contributed by atoms with van der Waals surface area (Å²) in [5.74, 6) is 0.567. The number of unbranched alkanes of at least 4 members (excludes halogenated alkanes) is 1. The number of amides is 1. The number of hydrogen-bond donors (Lipinski definition) is 1. The molecule has 2 heterocycles. The second-order valence-corrected chi connectivity index (χ2v) is 10.5. The molecule has 1 N–H and O–H groups in total. The average Bonchev–Trinajstić information content (AvgIpc) is 3.53. The monoisotopic (exact) mass is 529 g/mol. The molecule has 6 nitrogen and oxygen atoms in total. The number of para-hydroxylation sites is 2. The van der Waals surface area contributed by atoms with Crippen molar-refractivity contribution in [1.29, 1.82) is 0 Å². The zero-order chi connectivity index (χ0) is 25.8. The molecular formula is C29H27N3O3S2. The van der Waals surface area contributed by atoms with Gasteiger partial charge in [0.1, 0.15) is 5.82 Å². The molecule has 37 heavy (non-hydrogen) atoms. The average molecular weight is 530 g/mol. The zero-order valence-electron chi connectivity index (χ0n) is 20.4. The molecule has 0 saturated carbocycles. The highest BCUT2D eigenvalue weighted by Crippen LogP contribution is 2.37. The Balaban J connectivity index is 1.44. The second-order valence-electron chi connectivity index (χ2n) is 8.73. The zero-order valence-corrected chi connectivity index (χ0v) is 22.0. The van der Waals surface area contributed by atoms with Crippen LogP contribution in [0.25, 0.3) is 21.5 Å². The number of rotatable bonds is 9. The lowest BCUT2D eigenvalue weighted by molar-refractivity contribution is 0.100. The summed E-state index contributed by atoms with van der Waals surface area (Å²) in [5.41, 5.74) is 4.91. The number of aromatic nitrogens is 2. The van der Waals surface area contributed by atoms with E-state index in [9.17, 15) is 13.6 Å². The van der Waals surface area contributed by atoms with Gasteiger partial charge < -0.3 is 4.57 Å². The molecule has 3 aromatic carbocycles. The van der Waals surface area contributed by atoms with Crippen molar-refractivity contribution in [1.82, 2.24) is 9.55 Å². The molecule has 2 aromatic heterocycles. The highest BCUT2D eigenvalue weighted by Gasteiger charge is 2.26. The number of carbonyl (C=O) groups excluding carboxylic acids is 1. The summed E-state index contributed by atoms with van der Waals surface area (Å²) < 4.78 is 25.5. The van der Waals surface area contributed by atoms with E-state index in [-0.39, 0.29) is 0 Å². The first-order valence-corrected chi connectivity index (χ1v) is 14.1. The van der Waals surface area contributed by atoms with E-state index in [0.717, 1.165) is 56.4 Å². The van der Waals surface area contributed by atoms with E-state index in [1.54, 1.807) is 36.4 Å². The van der Waals surface area contributed by atoms with Crippen LogP contribution in [0.4, 0.5) is 5.69 Å². The third-order valence-electron chi connectivity index (χ3n) is 6.27. The maximum atomic E-state index is 13.1. The van der Waals surface area contributed by atoms with Crippen LogP contribution >= 0.6 is 11.3 Å². The van der Waals surface area contributed by atoms with Crippen LogP contribution in [-0.2, 0) is 24.2 Å². The van der Waals surface area contributed by atoms with Crippen molar-refractivity contribution in [3.8, 4) is 10.4 Å². The van der Waals surface area contributed by atoms with Gasteiger partial charge in [0.25, 0.3) is 17.2 Å². The van der Waals surface area contributed by atoms with Gasteiger partial charge in [0.05, 0.1) is 21.6 Å². The Bertz CT molecular complexity index is 1540. The van der Waals surface area contributed by atoms with Crippen LogP contribution in [0.2, 0.25) is 0 Å². The van der Waals surface area contributed by atoms with Gasteiger partial charge in [-0.15, -0.1) is 11.3 Å². The highest BCUT2D eigenvalue weighted by molar-refractivity contribution is 7.81. The fourth-order valence-electron chi connectivity index (χ4n) is 4.41.